The topological polar surface area (TPSA) is 51.4 Å². The number of hydrogen-bond acceptors (Lipinski definition) is 4. The number of anilines is 2. The number of pyridine rings is 1. The van der Waals surface area contributed by atoms with Crippen LogP contribution in [-0.4, -0.2) is 19.1 Å². The Hall–Kier alpha value is -2.23. The smallest absolute Gasteiger partial charge is 0.119 e. The van der Waals surface area contributed by atoms with Crippen molar-refractivity contribution in [3.63, 3.8) is 0 Å². The standard InChI is InChI=1S/C14H17N3O/c1-17(14-6-7-16-9-13(14)15)10-11-4-3-5-12(8-11)18-2/h3-9H,10,15H2,1-2H3. The maximum absolute atomic E-state index is 5.90. The summed E-state index contributed by atoms with van der Waals surface area (Å²) in [6.45, 7) is 0.769. The van der Waals surface area contributed by atoms with Crippen LogP contribution in [0.15, 0.2) is 42.7 Å². The highest BCUT2D eigenvalue weighted by Gasteiger charge is 2.06. The maximum Gasteiger partial charge on any atom is 0.119 e. The lowest BCUT2D eigenvalue weighted by Gasteiger charge is -2.21. The number of rotatable bonds is 4. The van der Waals surface area contributed by atoms with Gasteiger partial charge in [0, 0.05) is 19.8 Å². The molecule has 18 heavy (non-hydrogen) atoms. The lowest BCUT2D eigenvalue weighted by Crippen LogP contribution is -2.17. The summed E-state index contributed by atoms with van der Waals surface area (Å²) in [5, 5.41) is 0. The Morgan fingerprint density at radius 2 is 2.17 bits per heavy atom. The molecule has 0 aliphatic heterocycles. The minimum Gasteiger partial charge on any atom is -0.497 e. The lowest BCUT2D eigenvalue weighted by atomic mass is 10.2. The van der Waals surface area contributed by atoms with Crippen LogP contribution in [-0.2, 0) is 6.54 Å². The third kappa shape index (κ3) is 2.71. The summed E-state index contributed by atoms with van der Waals surface area (Å²) in [6, 6.07) is 9.92. The normalized spacial score (nSPS) is 10.1. The van der Waals surface area contributed by atoms with Crippen LogP contribution >= 0.6 is 0 Å². The Kier molecular flexibility index (Phi) is 3.67. The van der Waals surface area contributed by atoms with Crippen molar-refractivity contribution >= 4 is 11.4 Å². The van der Waals surface area contributed by atoms with Crippen LogP contribution in [0.4, 0.5) is 11.4 Å². The SMILES string of the molecule is COc1cccc(CN(C)c2ccncc2N)c1. The molecule has 4 nitrogen and oxygen atoms in total. The van der Waals surface area contributed by atoms with Crippen LogP contribution in [0.3, 0.4) is 0 Å². The first kappa shape index (κ1) is 12.2. The van der Waals surface area contributed by atoms with Crippen molar-refractivity contribution in [1.29, 1.82) is 0 Å². The molecule has 0 aliphatic carbocycles. The molecular formula is C14H17N3O. The van der Waals surface area contributed by atoms with E-state index in [1.165, 1.54) is 5.56 Å². The van der Waals surface area contributed by atoms with E-state index < -0.39 is 0 Å². The van der Waals surface area contributed by atoms with Gasteiger partial charge in [-0.3, -0.25) is 4.98 Å². The molecule has 2 N–H and O–H groups in total. The minimum atomic E-state index is 0.683. The highest BCUT2D eigenvalue weighted by atomic mass is 16.5. The first-order chi connectivity index (χ1) is 8.70. The van der Waals surface area contributed by atoms with Crippen LogP contribution in [0.25, 0.3) is 0 Å². The minimum absolute atomic E-state index is 0.683. The Bertz CT molecular complexity index is 528. The average molecular weight is 243 g/mol. The van der Waals surface area contributed by atoms with E-state index in [1.54, 1.807) is 19.5 Å². The molecule has 0 saturated carbocycles. The molecule has 0 aliphatic rings. The second-order valence-corrected chi connectivity index (χ2v) is 4.14. The number of methoxy groups -OCH3 is 1. The number of aromatic nitrogens is 1. The van der Waals surface area contributed by atoms with Crippen LogP contribution in [0.1, 0.15) is 5.56 Å². The largest absolute Gasteiger partial charge is 0.497 e. The fourth-order valence-corrected chi connectivity index (χ4v) is 1.88. The Balaban J connectivity index is 2.16. The second kappa shape index (κ2) is 5.40. The van der Waals surface area contributed by atoms with Gasteiger partial charge in [-0.2, -0.15) is 0 Å². The highest BCUT2D eigenvalue weighted by Crippen LogP contribution is 2.22. The Labute approximate surface area is 107 Å². The molecule has 0 fully saturated rings. The van der Waals surface area contributed by atoms with Gasteiger partial charge in [0.15, 0.2) is 0 Å². The van der Waals surface area contributed by atoms with E-state index in [1.807, 2.05) is 31.3 Å². The highest BCUT2D eigenvalue weighted by molar-refractivity contribution is 5.65. The molecule has 0 bridgehead atoms. The van der Waals surface area contributed by atoms with Gasteiger partial charge in [-0.1, -0.05) is 12.1 Å². The summed E-state index contributed by atoms with van der Waals surface area (Å²) in [7, 11) is 3.68. The zero-order chi connectivity index (χ0) is 13.0. The summed E-state index contributed by atoms with van der Waals surface area (Å²) >= 11 is 0. The number of benzene rings is 1. The van der Waals surface area contributed by atoms with Gasteiger partial charge in [0.25, 0.3) is 0 Å². The number of hydrogen-bond donors (Lipinski definition) is 1. The van der Waals surface area contributed by atoms with Crippen LogP contribution in [0, 0.1) is 0 Å². The molecule has 1 aromatic carbocycles. The first-order valence-electron chi connectivity index (χ1n) is 5.74. The number of ether oxygens (including phenoxy) is 1. The van der Waals surface area contributed by atoms with Gasteiger partial charge in [-0.15, -0.1) is 0 Å². The average Bonchev–Trinajstić information content (AvgIpc) is 2.39. The van der Waals surface area contributed by atoms with Gasteiger partial charge >= 0.3 is 0 Å². The van der Waals surface area contributed by atoms with E-state index in [9.17, 15) is 0 Å². The van der Waals surface area contributed by atoms with Gasteiger partial charge in [-0.25, -0.2) is 0 Å². The van der Waals surface area contributed by atoms with E-state index in [4.69, 9.17) is 10.5 Å². The van der Waals surface area contributed by atoms with Crippen molar-refractivity contribution in [1.82, 2.24) is 4.98 Å². The molecule has 0 spiro atoms. The molecule has 0 amide bonds. The number of nitrogen functional groups attached to an aromatic ring is 1. The third-order valence-corrected chi connectivity index (χ3v) is 2.79. The van der Waals surface area contributed by atoms with Gasteiger partial charge in [-0.05, 0) is 23.8 Å². The molecule has 94 valence electrons. The predicted molar refractivity (Wildman–Crippen MR) is 73.8 cm³/mol. The van der Waals surface area contributed by atoms with Crippen LogP contribution in [0.5, 0.6) is 5.75 Å². The third-order valence-electron chi connectivity index (χ3n) is 2.79. The molecule has 1 heterocycles. The van der Waals surface area contributed by atoms with Gasteiger partial charge in [0.05, 0.1) is 24.7 Å². The molecule has 0 unspecified atom stereocenters. The zero-order valence-corrected chi connectivity index (χ0v) is 10.6. The van der Waals surface area contributed by atoms with Crippen molar-refractivity contribution in [2.24, 2.45) is 0 Å². The van der Waals surface area contributed by atoms with Gasteiger partial charge in [0.1, 0.15) is 5.75 Å². The fraction of sp³-hybridized carbons (Fsp3) is 0.214. The fourth-order valence-electron chi connectivity index (χ4n) is 1.88. The van der Waals surface area contributed by atoms with E-state index in [0.717, 1.165) is 18.0 Å². The maximum atomic E-state index is 5.90. The monoisotopic (exact) mass is 243 g/mol. The summed E-state index contributed by atoms with van der Waals surface area (Å²) in [6.07, 6.45) is 3.41. The van der Waals surface area contributed by atoms with Crippen molar-refractivity contribution in [2.45, 2.75) is 6.54 Å². The predicted octanol–water partition coefficient (Wildman–Crippen LogP) is 2.31. The molecule has 0 radical (unpaired) electrons. The molecule has 0 saturated heterocycles. The summed E-state index contributed by atoms with van der Waals surface area (Å²) in [5.41, 5.74) is 8.74. The molecule has 2 rings (SSSR count). The number of nitrogens with two attached hydrogens (primary N) is 1. The number of nitrogens with zero attached hydrogens (tertiary/aromatic N) is 2. The Morgan fingerprint density at radius 3 is 2.89 bits per heavy atom. The summed E-state index contributed by atoms with van der Waals surface area (Å²) in [5.74, 6) is 0.864. The van der Waals surface area contributed by atoms with Crippen molar-refractivity contribution in [3.8, 4) is 5.75 Å². The quantitative estimate of drug-likeness (QED) is 0.895. The van der Waals surface area contributed by atoms with E-state index in [-0.39, 0.29) is 0 Å². The van der Waals surface area contributed by atoms with E-state index in [0.29, 0.717) is 5.69 Å². The molecule has 1 aromatic heterocycles. The summed E-state index contributed by atoms with van der Waals surface area (Å²) in [4.78, 5) is 6.08. The van der Waals surface area contributed by atoms with Gasteiger partial charge < -0.3 is 15.4 Å². The molecule has 0 atom stereocenters. The van der Waals surface area contributed by atoms with Crippen molar-refractivity contribution in [3.05, 3.63) is 48.3 Å². The van der Waals surface area contributed by atoms with E-state index >= 15 is 0 Å². The molecule has 2 aromatic rings. The van der Waals surface area contributed by atoms with Crippen molar-refractivity contribution in [2.75, 3.05) is 24.8 Å². The molecule has 4 heteroatoms. The summed E-state index contributed by atoms with van der Waals surface area (Å²) < 4.78 is 5.21. The van der Waals surface area contributed by atoms with Gasteiger partial charge in [0.2, 0.25) is 0 Å². The zero-order valence-electron chi connectivity index (χ0n) is 10.6. The molecular weight excluding hydrogens is 226 g/mol. The van der Waals surface area contributed by atoms with Crippen LogP contribution in [0.2, 0.25) is 0 Å². The van der Waals surface area contributed by atoms with Crippen molar-refractivity contribution < 1.29 is 4.74 Å². The lowest BCUT2D eigenvalue weighted by molar-refractivity contribution is 0.414. The first-order valence-corrected chi connectivity index (χ1v) is 5.74. The second-order valence-electron chi connectivity index (χ2n) is 4.14. The Morgan fingerprint density at radius 1 is 1.33 bits per heavy atom. The van der Waals surface area contributed by atoms with Crippen LogP contribution < -0.4 is 15.4 Å². The van der Waals surface area contributed by atoms with E-state index in [2.05, 4.69) is 16.0 Å².